The summed E-state index contributed by atoms with van der Waals surface area (Å²) in [4.78, 5) is 28.5. The summed E-state index contributed by atoms with van der Waals surface area (Å²) in [5.41, 5.74) is 2.89. The monoisotopic (exact) mass is 484 g/mol. The van der Waals surface area contributed by atoms with Crippen molar-refractivity contribution in [2.24, 2.45) is 5.41 Å². The van der Waals surface area contributed by atoms with Crippen molar-refractivity contribution in [1.82, 2.24) is 10.2 Å². The lowest BCUT2D eigenvalue weighted by Crippen LogP contribution is -2.51. The van der Waals surface area contributed by atoms with Crippen LogP contribution >= 0.6 is 0 Å². The Bertz CT molecular complexity index is 1120. The Hall–Kier alpha value is -3.60. The third-order valence-corrected chi connectivity index (χ3v) is 7.28. The molecule has 0 bridgehead atoms. The maximum absolute atomic E-state index is 13.6. The van der Waals surface area contributed by atoms with E-state index in [2.05, 4.69) is 29.6 Å². The maximum atomic E-state index is 13.6. The molecule has 4 rings (SSSR count). The molecule has 36 heavy (non-hydrogen) atoms. The molecule has 1 fully saturated rings. The zero-order chi connectivity index (χ0) is 25.2. The first-order valence-electron chi connectivity index (χ1n) is 12.9. The van der Waals surface area contributed by atoms with Gasteiger partial charge in [-0.25, -0.2) is 0 Å². The average Bonchev–Trinajstić information content (AvgIpc) is 2.93. The third kappa shape index (κ3) is 6.54. The lowest BCUT2D eigenvalue weighted by Gasteiger charge is -2.41. The molecule has 5 heteroatoms. The Balaban J connectivity index is 1.38. The van der Waals surface area contributed by atoms with E-state index in [0.717, 1.165) is 23.3 Å². The maximum Gasteiger partial charge on any atom is 0.226 e. The molecule has 3 aromatic rings. The highest BCUT2D eigenvalue weighted by Gasteiger charge is 2.42. The van der Waals surface area contributed by atoms with E-state index in [1.807, 2.05) is 65.6 Å². The predicted octanol–water partition coefficient (Wildman–Crippen LogP) is 4.84. The van der Waals surface area contributed by atoms with Gasteiger partial charge in [0.2, 0.25) is 11.8 Å². The second kappa shape index (κ2) is 12.4. The Morgan fingerprint density at radius 1 is 0.833 bits per heavy atom. The van der Waals surface area contributed by atoms with Gasteiger partial charge in [0.05, 0.1) is 12.5 Å². The van der Waals surface area contributed by atoms with Crippen molar-refractivity contribution in [2.75, 3.05) is 26.7 Å². The van der Waals surface area contributed by atoms with Crippen molar-refractivity contribution in [1.29, 1.82) is 0 Å². The van der Waals surface area contributed by atoms with Crippen LogP contribution in [0.25, 0.3) is 0 Å². The first kappa shape index (κ1) is 25.5. The number of likely N-dealkylation sites (tertiary alicyclic amines) is 1. The smallest absolute Gasteiger partial charge is 0.226 e. The van der Waals surface area contributed by atoms with Gasteiger partial charge in [-0.15, -0.1) is 0 Å². The number of nitrogens with zero attached hydrogens (tertiary/aromatic N) is 1. The summed E-state index contributed by atoms with van der Waals surface area (Å²) in [6, 6.07) is 28.2. The van der Waals surface area contributed by atoms with Gasteiger partial charge in [-0.05, 0) is 54.9 Å². The summed E-state index contributed by atoms with van der Waals surface area (Å²) >= 11 is 0. The number of benzene rings is 3. The van der Waals surface area contributed by atoms with E-state index in [9.17, 15) is 9.59 Å². The van der Waals surface area contributed by atoms with Crippen molar-refractivity contribution in [3.05, 3.63) is 102 Å². The molecule has 0 aromatic heterocycles. The van der Waals surface area contributed by atoms with Gasteiger partial charge in [0.1, 0.15) is 5.75 Å². The number of para-hydroxylation sites is 1. The van der Waals surface area contributed by atoms with Crippen LogP contribution in [0.4, 0.5) is 0 Å². The van der Waals surface area contributed by atoms with Crippen molar-refractivity contribution in [3.8, 4) is 5.75 Å². The largest absolute Gasteiger partial charge is 0.496 e. The highest BCUT2D eigenvalue weighted by atomic mass is 16.5. The minimum Gasteiger partial charge on any atom is -0.496 e. The van der Waals surface area contributed by atoms with Gasteiger partial charge in [-0.3, -0.25) is 9.59 Å². The summed E-state index contributed by atoms with van der Waals surface area (Å²) in [5.74, 6) is 1.09. The molecule has 1 heterocycles. The molecule has 0 saturated carbocycles. The number of nitrogens with one attached hydrogen (secondary N) is 1. The van der Waals surface area contributed by atoms with E-state index < -0.39 is 5.41 Å². The van der Waals surface area contributed by atoms with Crippen molar-refractivity contribution in [2.45, 2.75) is 38.5 Å². The number of carbonyl (C=O) groups is 2. The lowest BCUT2D eigenvalue weighted by molar-refractivity contribution is -0.140. The Kier molecular flexibility index (Phi) is 8.77. The van der Waals surface area contributed by atoms with Gasteiger partial charge >= 0.3 is 0 Å². The quantitative estimate of drug-likeness (QED) is 0.448. The van der Waals surface area contributed by atoms with Crippen LogP contribution in [0.3, 0.4) is 0 Å². The van der Waals surface area contributed by atoms with Crippen LogP contribution in [-0.4, -0.2) is 43.5 Å². The zero-order valence-electron chi connectivity index (χ0n) is 21.1. The highest BCUT2D eigenvalue weighted by Crippen LogP contribution is 2.36. The van der Waals surface area contributed by atoms with Gasteiger partial charge in [-0.2, -0.15) is 0 Å². The van der Waals surface area contributed by atoms with Gasteiger partial charge in [0.25, 0.3) is 0 Å². The minimum atomic E-state index is -0.516. The van der Waals surface area contributed by atoms with E-state index in [1.165, 1.54) is 5.56 Å². The van der Waals surface area contributed by atoms with Crippen molar-refractivity contribution >= 4 is 11.8 Å². The van der Waals surface area contributed by atoms with Crippen molar-refractivity contribution < 1.29 is 14.3 Å². The van der Waals surface area contributed by atoms with Gasteiger partial charge in [0.15, 0.2) is 0 Å². The molecule has 1 aliphatic rings. The molecule has 1 aliphatic heterocycles. The van der Waals surface area contributed by atoms with Gasteiger partial charge in [-0.1, -0.05) is 78.9 Å². The average molecular weight is 485 g/mol. The van der Waals surface area contributed by atoms with E-state index in [4.69, 9.17) is 4.74 Å². The molecule has 0 atom stereocenters. The van der Waals surface area contributed by atoms with E-state index >= 15 is 0 Å². The first-order valence-corrected chi connectivity index (χ1v) is 12.9. The molecule has 0 radical (unpaired) electrons. The Labute approximate surface area is 214 Å². The molecular weight excluding hydrogens is 448 g/mol. The number of aryl methyl sites for hydroxylation is 1. The summed E-state index contributed by atoms with van der Waals surface area (Å²) < 4.78 is 5.45. The molecule has 2 amide bonds. The van der Waals surface area contributed by atoms with Crippen molar-refractivity contribution in [3.63, 3.8) is 0 Å². The Morgan fingerprint density at radius 3 is 2.11 bits per heavy atom. The van der Waals surface area contributed by atoms with Crippen LogP contribution in [0.15, 0.2) is 84.9 Å². The molecule has 0 aliphatic carbocycles. The molecule has 188 valence electrons. The molecule has 1 N–H and O–H groups in total. The summed E-state index contributed by atoms with van der Waals surface area (Å²) in [6.07, 6.45) is 3.97. The number of methoxy groups -OCH3 is 1. The van der Waals surface area contributed by atoms with Crippen LogP contribution in [0.1, 0.15) is 36.0 Å². The number of hydrogen-bond acceptors (Lipinski definition) is 3. The molecular formula is C31H36N2O3. The zero-order valence-corrected chi connectivity index (χ0v) is 21.1. The summed E-state index contributed by atoms with van der Waals surface area (Å²) in [7, 11) is 1.67. The number of carbonyl (C=O) groups excluding carboxylic acids is 2. The molecule has 5 nitrogen and oxygen atoms in total. The van der Waals surface area contributed by atoms with E-state index in [0.29, 0.717) is 51.7 Å². The number of hydrogen-bond donors (Lipinski definition) is 1. The number of rotatable bonds is 10. The Morgan fingerprint density at radius 2 is 1.44 bits per heavy atom. The highest BCUT2D eigenvalue weighted by molar-refractivity contribution is 5.84. The van der Waals surface area contributed by atoms with Crippen LogP contribution in [0.5, 0.6) is 5.75 Å². The fourth-order valence-electron chi connectivity index (χ4n) is 5.12. The number of amides is 2. The number of ether oxygens (including phenoxy) is 1. The van der Waals surface area contributed by atoms with Crippen LogP contribution in [0.2, 0.25) is 0 Å². The fourth-order valence-corrected chi connectivity index (χ4v) is 5.12. The van der Waals surface area contributed by atoms with E-state index in [1.54, 1.807) is 7.11 Å². The second-order valence-electron chi connectivity index (χ2n) is 9.63. The van der Waals surface area contributed by atoms with Gasteiger partial charge < -0.3 is 15.0 Å². The van der Waals surface area contributed by atoms with Crippen LogP contribution < -0.4 is 10.1 Å². The normalized spacial score (nSPS) is 14.8. The molecule has 0 spiro atoms. The third-order valence-electron chi connectivity index (χ3n) is 7.28. The summed E-state index contributed by atoms with van der Waals surface area (Å²) in [5, 5.41) is 3.21. The fraction of sp³-hybridized carbons (Fsp3) is 0.355. The number of piperidine rings is 1. The topological polar surface area (TPSA) is 58.6 Å². The summed E-state index contributed by atoms with van der Waals surface area (Å²) in [6.45, 7) is 1.77. The standard InChI is InChI=1S/C31H36N2O3/c1-36-28-15-9-8-14-27(28)18-21-32-30(35)31(24-26-12-6-3-7-13-26)19-22-33(23-20-31)29(34)17-16-25-10-4-2-5-11-25/h2-15H,16-24H2,1H3,(H,32,35). The predicted molar refractivity (Wildman–Crippen MR) is 143 cm³/mol. The molecule has 1 saturated heterocycles. The van der Waals surface area contributed by atoms with Gasteiger partial charge in [0, 0.05) is 26.1 Å². The lowest BCUT2D eigenvalue weighted by atomic mass is 9.72. The SMILES string of the molecule is COc1ccccc1CCNC(=O)C1(Cc2ccccc2)CCN(C(=O)CCc2ccccc2)CC1. The van der Waals surface area contributed by atoms with Crippen LogP contribution in [-0.2, 0) is 28.9 Å². The molecule has 3 aromatic carbocycles. The minimum absolute atomic E-state index is 0.0811. The van der Waals surface area contributed by atoms with E-state index in [-0.39, 0.29) is 11.8 Å². The second-order valence-corrected chi connectivity index (χ2v) is 9.63. The van der Waals surface area contributed by atoms with Crippen LogP contribution in [0, 0.1) is 5.41 Å². The first-order chi connectivity index (χ1) is 17.6. The molecule has 0 unspecified atom stereocenters.